The van der Waals surface area contributed by atoms with Crippen LogP contribution in [0.4, 0.5) is 10.1 Å². The van der Waals surface area contributed by atoms with E-state index in [-0.39, 0.29) is 11.9 Å². The van der Waals surface area contributed by atoms with Crippen molar-refractivity contribution < 1.29 is 4.39 Å². The maximum Gasteiger partial charge on any atom is 0.137 e. The van der Waals surface area contributed by atoms with Crippen LogP contribution < -0.4 is 5.32 Å². The van der Waals surface area contributed by atoms with Crippen molar-refractivity contribution >= 4 is 21.6 Å². The largest absolute Gasteiger partial charge is 0.378 e. The Morgan fingerprint density at radius 2 is 2.24 bits per heavy atom. The van der Waals surface area contributed by atoms with Gasteiger partial charge >= 0.3 is 0 Å². The molecule has 3 nitrogen and oxygen atoms in total. The van der Waals surface area contributed by atoms with Crippen molar-refractivity contribution in [2.75, 3.05) is 5.32 Å². The first-order valence-electron chi connectivity index (χ1n) is 5.26. The quantitative estimate of drug-likeness (QED) is 0.940. The molecule has 1 N–H and O–H groups in total. The number of aryl methyl sites for hydroxylation is 1. The summed E-state index contributed by atoms with van der Waals surface area (Å²) in [6.45, 7) is 2.04. The molecular weight excluding hydrogens is 285 g/mol. The summed E-state index contributed by atoms with van der Waals surface area (Å²) in [5, 5.41) is 7.41. The monoisotopic (exact) mass is 297 g/mol. The van der Waals surface area contributed by atoms with Crippen molar-refractivity contribution in [2.45, 2.75) is 13.0 Å². The van der Waals surface area contributed by atoms with E-state index in [4.69, 9.17) is 0 Å². The lowest BCUT2D eigenvalue weighted by Crippen LogP contribution is -2.05. The van der Waals surface area contributed by atoms with Crippen LogP contribution >= 0.6 is 15.9 Å². The van der Waals surface area contributed by atoms with E-state index in [1.165, 1.54) is 6.07 Å². The van der Waals surface area contributed by atoms with E-state index in [1.807, 2.05) is 26.4 Å². The molecule has 1 aromatic carbocycles. The summed E-state index contributed by atoms with van der Waals surface area (Å²) < 4.78 is 15.3. The molecule has 0 spiro atoms. The fraction of sp³-hybridized carbons (Fsp3) is 0.250. The Bertz CT molecular complexity index is 524. The van der Waals surface area contributed by atoms with Gasteiger partial charge in [0.1, 0.15) is 5.82 Å². The highest BCUT2D eigenvalue weighted by molar-refractivity contribution is 9.10. The fourth-order valence-electron chi connectivity index (χ4n) is 1.58. The Hall–Kier alpha value is -1.36. The number of nitrogens with zero attached hydrogens (tertiary/aromatic N) is 2. The molecule has 90 valence electrons. The summed E-state index contributed by atoms with van der Waals surface area (Å²) in [4.78, 5) is 0. The predicted octanol–water partition coefficient (Wildman–Crippen LogP) is 3.49. The van der Waals surface area contributed by atoms with Gasteiger partial charge in [0.15, 0.2) is 0 Å². The minimum atomic E-state index is -0.260. The lowest BCUT2D eigenvalue weighted by Gasteiger charge is -2.13. The van der Waals surface area contributed by atoms with E-state index in [0.29, 0.717) is 4.47 Å². The molecule has 0 bridgehead atoms. The van der Waals surface area contributed by atoms with E-state index < -0.39 is 0 Å². The summed E-state index contributed by atoms with van der Waals surface area (Å²) in [6.07, 6.45) is 3.77. The Labute approximate surface area is 108 Å². The van der Waals surface area contributed by atoms with Gasteiger partial charge in [-0.15, -0.1) is 0 Å². The summed E-state index contributed by atoms with van der Waals surface area (Å²) in [5.41, 5.74) is 1.96. The molecule has 0 radical (unpaired) electrons. The third-order valence-corrected chi connectivity index (χ3v) is 3.14. The van der Waals surface area contributed by atoms with Gasteiger partial charge in [-0.1, -0.05) is 0 Å². The molecule has 1 heterocycles. The molecule has 0 aliphatic carbocycles. The smallest absolute Gasteiger partial charge is 0.137 e. The van der Waals surface area contributed by atoms with Crippen molar-refractivity contribution in [1.29, 1.82) is 0 Å². The number of benzene rings is 1. The van der Waals surface area contributed by atoms with Crippen LogP contribution in [0.15, 0.2) is 35.1 Å². The third-order valence-electron chi connectivity index (χ3n) is 2.53. The summed E-state index contributed by atoms with van der Waals surface area (Å²) in [7, 11) is 1.88. The van der Waals surface area contributed by atoms with Gasteiger partial charge in [-0.25, -0.2) is 4.39 Å². The molecule has 0 amide bonds. The second-order valence-electron chi connectivity index (χ2n) is 3.94. The third kappa shape index (κ3) is 2.85. The van der Waals surface area contributed by atoms with E-state index in [2.05, 4.69) is 26.3 Å². The fourth-order valence-corrected chi connectivity index (χ4v) is 1.96. The predicted molar refractivity (Wildman–Crippen MR) is 69.3 cm³/mol. The van der Waals surface area contributed by atoms with Gasteiger partial charge in [-0.05, 0) is 41.1 Å². The molecule has 0 saturated heterocycles. The summed E-state index contributed by atoms with van der Waals surface area (Å²) in [6, 6.07) is 5.00. The van der Waals surface area contributed by atoms with Crippen LogP contribution in [0.3, 0.4) is 0 Å². The molecule has 1 atom stereocenters. The molecule has 17 heavy (non-hydrogen) atoms. The number of hydrogen-bond donors (Lipinski definition) is 1. The van der Waals surface area contributed by atoms with Crippen molar-refractivity contribution in [1.82, 2.24) is 9.78 Å². The highest BCUT2D eigenvalue weighted by atomic mass is 79.9. The Morgan fingerprint density at radius 1 is 1.47 bits per heavy atom. The van der Waals surface area contributed by atoms with Crippen LogP contribution in [-0.4, -0.2) is 9.78 Å². The number of hydrogen-bond acceptors (Lipinski definition) is 2. The number of aromatic nitrogens is 2. The van der Waals surface area contributed by atoms with Gasteiger partial charge in [0.25, 0.3) is 0 Å². The standard InChI is InChI=1S/C12H13BrFN3/c1-8(9-6-15-17(2)7-9)16-10-3-4-12(14)11(13)5-10/h3-8,16H,1-2H3. The first kappa shape index (κ1) is 12.1. The van der Waals surface area contributed by atoms with Gasteiger partial charge < -0.3 is 5.32 Å². The zero-order valence-corrected chi connectivity index (χ0v) is 11.2. The first-order valence-corrected chi connectivity index (χ1v) is 6.05. The summed E-state index contributed by atoms with van der Waals surface area (Å²) in [5.74, 6) is -0.260. The van der Waals surface area contributed by atoms with E-state index in [9.17, 15) is 4.39 Å². The second-order valence-corrected chi connectivity index (χ2v) is 4.80. The highest BCUT2D eigenvalue weighted by Gasteiger charge is 2.08. The zero-order chi connectivity index (χ0) is 12.4. The van der Waals surface area contributed by atoms with E-state index in [0.717, 1.165) is 11.3 Å². The van der Waals surface area contributed by atoms with Gasteiger partial charge in [-0.2, -0.15) is 5.10 Å². The van der Waals surface area contributed by atoms with Crippen LogP contribution in [0.25, 0.3) is 0 Å². The summed E-state index contributed by atoms with van der Waals surface area (Å²) >= 11 is 3.16. The van der Waals surface area contributed by atoms with Crippen LogP contribution in [0.1, 0.15) is 18.5 Å². The van der Waals surface area contributed by atoms with E-state index >= 15 is 0 Å². The Morgan fingerprint density at radius 3 is 2.82 bits per heavy atom. The van der Waals surface area contributed by atoms with Crippen molar-refractivity contribution in [3.63, 3.8) is 0 Å². The van der Waals surface area contributed by atoms with Crippen molar-refractivity contribution in [3.05, 3.63) is 46.4 Å². The van der Waals surface area contributed by atoms with Crippen LogP contribution in [-0.2, 0) is 7.05 Å². The van der Waals surface area contributed by atoms with Gasteiger partial charge in [0, 0.05) is 24.5 Å². The molecule has 2 aromatic rings. The average Bonchev–Trinajstić information content (AvgIpc) is 2.70. The van der Waals surface area contributed by atoms with Gasteiger partial charge in [0.2, 0.25) is 0 Å². The lowest BCUT2D eigenvalue weighted by atomic mass is 10.2. The molecule has 1 aromatic heterocycles. The first-order chi connectivity index (χ1) is 8.06. The number of anilines is 1. The minimum absolute atomic E-state index is 0.126. The average molecular weight is 298 g/mol. The van der Waals surface area contributed by atoms with E-state index in [1.54, 1.807) is 16.8 Å². The molecule has 0 saturated carbocycles. The Kier molecular flexibility index (Phi) is 3.47. The normalized spacial score (nSPS) is 12.5. The molecule has 0 aliphatic heterocycles. The number of rotatable bonds is 3. The molecular formula is C12H13BrFN3. The molecule has 5 heteroatoms. The SMILES string of the molecule is CC(Nc1ccc(F)c(Br)c1)c1cnn(C)c1. The molecule has 2 rings (SSSR count). The minimum Gasteiger partial charge on any atom is -0.378 e. The zero-order valence-electron chi connectivity index (χ0n) is 9.61. The number of nitrogens with one attached hydrogen (secondary N) is 1. The van der Waals surface area contributed by atoms with Crippen LogP contribution in [0.2, 0.25) is 0 Å². The molecule has 0 aliphatic rings. The van der Waals surface area contributed by atoms with Gasteiger partial charge in [-0.3, -0.25) is 4.68 Å². The number of halogens is 2. The second kappa shape index (κ2) is 4.87. The van der Waals surface area contributed by atoms with Crippen LogP contribution in [0, 0.1) is 5.82 Å². The van der Waals surface area contributed by atoms with Crippen molar-refractivity contribution in [3.8, 4) is 0 Å². The van der Waals surface area contributed by atoms with Gasteiger partial charge in [0.05, 0.1) is 16.7 Å². The van der Waals surface area contributed by atoms with Crippen LogP contribution in [0.5, 0.6) is 0 Å². The Balaban J connectivity index is 2.12. The maximum absolute atomic E-state index is 13.1. The molecule has 0 fully saturated rings. The lowest BCUT2D eigenvalue weighted by molar-refractivity contribution is 0.621. The van der Waals surface area contributed by atoms with Crippen molar-refractivity contribution in [2.24, 2.45) is 7.05 Å². The maximum atomic E-state index is 13.1. The topological polar surface area (TPSA) is 29.9 Å². The highest BCUT2D eigenvalue weighted by Crippen LogP contribution is 2.23. The molecule has 1 unspecified atom stereocenters.